The van der Waals surface area contributed by atoms with E-state index in [1.54, 1.807) is 19.1 Å². The van der Waals surface area contributed by atoms with Crippen LogP contribution in [0.1, 0.15) is 42.6 Å². The van der Waals surface area contributed by atoms with E-state index < -0.39 is 17.6 Å². The number of methoxy groups -OCH3 is 1. The smallest absolute Gasteiger partial charge is 0.416 e. The number of hydrogen-bond acceptors (Lipinski definition) is 2. The number of benzene rings is 2. The minimum atomic E-state index is -4.37. The lowest BCUT2D eigenvalue weighted by molar-refractivity contribution is -0.137. The van der Waals surface area contributed by atoms with Crippen molar-refractivity contribution in [1.82, 2.24) is 5.32 Å². The first-order valence-electron chi connectivity index (χ1n) is 7.49. The Labute approximate surface area is 138 Å². The summed E-state index contributed by atoms with van der Waals surface area (Å²) in [6, 6.07) is 9.22. The van der Waals surface area contributed by atoms with Crippen LogP contribution in [-0.2, 0) is 6.18 Å². The van der Waals surface area contributed by atoms with Crippen molar-refractivity contribution >= 4 is 0 Å². The van der Waals surface area contributed by atoms with Gasteiger partial charge in [0.25, 0.3) is 0 Å². The number of rotatable bonds is 5. The van der Waals surface area contributed by atoms with Gasteiger partial charge in [-0.05, 0) is 49.2 Å². The SMILES string of the molecule is COc1ccc(C(C)NC(C)c2cccc(C(F)(F)F)c2)cc1F. The molecule has 0 aliphatic carbocycles. The maximum absolute atomic E-state index is 13.8. The van der Waals surface area contributed by atoms with Crippen LogP contribution in [-0.4, -0.2) is 7.11 Å². The molecule has 0 fully saturated rings. The molecule has 24 heavy (non-hydrogen) atoms. The van der Waals surface area contributed by atoms with E-state index in [0.29, 0.717) is 11.1 Å². The topological polar surface area (TPSA) is 21.3 Å². The van der Waals surface area contributed by atoms with Gasteiger partial charge in [-0.25, -0.2) is 4.39 Å². The number of ether oxygens (including phenoxy) is 1. The minimum absolute atomic E-state index is 0.150. The van der Waals surface area contributed by atoms with Gasteiger partial charge >= 0.3 is 6.18 Å². The normalized spacial score (nSPS) is 14.3. The highest BCUT2D eigenvalue weighted by Gasteiger charge is 2.30. The molecule has 130 valence electrons. The molecule has 0 aromatic heterocycles. The number of hydrogen-bond donors (Lipinski definition) is 1. The van der Waals surface area contributed by atoms with Crippen molar-refractivity contribution in [2.24, 2.45) is 0 Å². The fourth-order valence-electron chi connectivity index (χ4n) is 2.50. The van der Waals surface area contributed by atoms with Crippen LogP contribution < -0.4 is 10.1 Å². The summed E-state index contributed by atoms with van der Waals surface area (Å²) < 4.78 is 57.1. The summed E-state index contributed by atoms with van der Waals surface area (Å²) in [5, 5.41) is 3.18. The third kappa shape index (κ3) is 4.26. The van der Waals surface area contributed by atoms with Gasteiger partial charge in [-0.15, -0.1) is 0 Å². The van der Waals surface area contributed by atoms with Gasteiger partial charge in [-0.2, -0.15) is 13.2 Å². The molecule has 0 saturated carbocycles. The Morgan fingerprint density at radius 2 is 1.58 bits per heavy atom. The highest BCUT2D eigenvalue weighted by Crippen LogP contribution is 2.31. The van der Waals surface area contributed by atoms with E-state index in [0.717, 1.165) is 12.1 Å². The lowest BCUT2D eigenvalue weighted by atomic mass is 10.0. The summed E-state index contributed by atoms with van der Waals surface area (Å²) in [6.45, 7) is 3.59. The highest BCUT2D eigenvalue weighted by atomic mass is 19.4. The molecule has 2 aromatic rings. The number of alkyl halides is 3. The number of nitrogens with one attached hydrogen (secondary N) is 1. The van der Waals surface area contributed by atoms with Crippen LogP contribution in [0.4, 0.5) is 17.6 Å². The third-order valence-corrected chi connectivity index (χ3v) is 3.89. The fraction of sp³-hybridized carbons (Fsp3) is 0.333. The molecule has 1 N–H and O–H groups in total. The van der Waals surface area contributed by atoms with Crippen molar-refractivity contribution in [3.8, 4) is 5.75 Å². The largest absolute Gasteiger partial charge is 0.494 e. The summed E-state index contributed by atoms with van der Waals surface area (Å²) in [4.78, 5) is 0. The second-order valence-corrected chi connectivity index (χ2v) is 5.63. The standard InChI is InChI=1S/C18H19F4NO/c1-11(13-5-4-6-15(9-13)18(20,21)22)23-12(2)14-7-8-17(24-3)16(19)10-14/h4-12,23H,1-3H3. The van der Waals surface area contributed by atoms with Crippen LogP contribution in [0, 0.1) is 5.82 Å². The Kier molecular flexibility index (Phi) is 5.49. The van der Waals surface area contributed by atoms with Crippen molar-refractivity contribution in [1.29, 1.82) is 0 Å². The van der Waals surface area contributed by atoms with Gasteiger partial charge in [-0.1, -0.05) is 18.2 Å². The van der Waals surface area contributed by atoms with Crippen LogP contribution in [0.3, 0.4) is 0 Å². The van der Waals surface area contributed by atoms with E-state index in [4.69, 9.17) is 4.74 Å². The molecule has 0 heterocycles. The molecule has 2 nitrogen and oxygen atoms in total. The summed E-state index contributed by atoms with van der Waals surface area (Å²) in [5.41, 5.74) is 0.523. The first kappa shape index (κ1) is 18.3. The Hall–Kier alpha value is -2.08. The van der Waals surface area contributed by atoms with Crippen molar-refractivity contribution < 1.29 is 22.3 Å². The molecule has 2 atom stereocenters. The van der Waals surface area contributed by atoms with Gasteiger partial charge in [0.05, 0.1) is 12.7 Å². The monoisotopic (exact) mass is 341 g/mol. The lowest BCUT2D eigenvalue weighted by Gasteiger charge is -2.22. The Bertz CT molecular complexity index is 700. The Morgan fingerprint density at radius 3 is 2.12 bits per heavy atom. The van der Waals surface area contributed by atoms with E-state index in [-0.39, 0.29) is 17.8 Å². The summed E-state index contributed by atoms with van der Waals surface area (Å²) in [5.74, 6) is -0.327. The van der Waals surface area contributed by atoms with Gasteiger partial charge in [0.2, 0.25) is 0 Å². The second-order valence-electron chi connectivity index (χ2n) is 5.63. The average molecular weight is 341 g/mol. The first-order valence-corrected chi connectivity index (χ1v) is 7.49. The molecule has 0 radical (unpaired) electrons. The predicted molar refractivity (Wildman–Crippen MR) is 84.4 cm³/mol. The molecule has 0 aliphatic heterocycles. The quantitative estimate of drug-likeness (QED) is 0.749. The molecule has 2 rings (SSSR count). The van der Waals surface area contributed by atoms with Gasteiger partial charge in [-0.3, -0.25) is 0 Å². The van der Waals surface area contributed by atoms with Crippen molar-refractivity contribution in [3.63, 3.8) is 0 Å². The summed E-state index contributed by atoms with van der Waals surface area (Å²) in [7, 11) is 1.38. The Balaban J connectivity index is 2.14. The van der Waals surface area contributed by atoms with E-state index >= 15 is 0 Å². The number of halogens is 4. The van der Waals surface area contributed by atoms with Gasteiger partial charge in [0.15, 0.2) is 11.6 Å². The first-order chi connectivity index (χ1) is 11.2. The predicted octanol–water partition coefficient (Wildman–Crippen LogP) is 5.26. The molecule has 0 spiro atoms. The maximum atomic E-state index is 13.8. The van der Waals surface area contributed by atoms with E-state index in [9.17, 15) is 17.6 Å². The molecule has 0 aliphatic rings. The van der Waals surface area contributed by atoms with Gasteiger partial charge in [0, 0.05) is 12.1 Å². The van der Waals surface area contributed by atoms with Gasteiger partial charge < -0.3 is 10.1 Å². The van der Waals surface area contributed by atoms with E-state index in [1.165, 1.54) is 25.3 Å². The molecular weight excluding hydrogens is 322 g/mol. The van der Waals surface area contributed by atoms with Crippen molar-refractivity contribution in [2.45, 2.75) is 32.1 Å². The minimum Gasteiger partial charge on any atom is -0.494 e. The van der Waals surface area contributed by atoms with Crippen LogP contribution in [0.5, 0.6) is 5.75 Å². The highest BCUT2D eigenvalue weighted by molar-refractivity contribution is 5.32. The third-order valence-electron chi connectivity index (χ3n) is 3.89. The Morgan fingerprint density at radius 1 is 0.958 bits per heavy atom. The maximum Gasteiger partial charge on any atom is 0.416 e. The molecule has 2 aromatic carbocycles. The second kappa shape index (κ2) is 7.21. The zero-order chi connectivity index (χ0) is 17.9. The van der Waals surface area contributed by atoms with Crippen LogP contribution in [0.2, 0.25) is 0 Å². The molecule has 0 amide bonds. The molecule has 6 heteroatoms. The van der Waals surface area contributed by atoms with E-state index in [2.05, 4.69) is 5.32 Å². The summed E-state index contributed by atoms with van der Waals surface area (Å²) >= 11 is 0. The average Bonchev–Trinajstić information content (AvgIpc) is 2.54. The van der Waals surface area contributed by atoms with Crippen LogP contribution in [0.15, 0.2) is 42.5 Å². The lowest BCUT2D eigenvalue weighted by Crippen LogP contribution is -2.23. The fourth-order valence-corrected chi connectivity index (χ4v) is 2.50. The molecule has 0 bridgehead atoms. The van der Waals surface area contributed by atoms with E-state index in [1.807, 2.05) is 6.92 Å². The molecule has 2 unspecified atom stereocenters. The van der Waals surface area contributed by atoms with Crippen molar-refractivity contribution in [2.75, 3.05) is 7.11 Å². The zero-order valence-corrected chi connectivity index (χ0v) is 13.6. The molecule has 0 saturated heterocycles. The van der Waals surface area contributed by atoms with Gasteiger partial charge in [0.1, 0.15) is 0 Å². The van der Waals surface area contributed by atoms with Crippen LogP contribution in [0.25, 0.3) is 0 Å². The molecular formula is C18H19F4NO. The zero-order valence-electron chi connectivity index (χ0n) is 13.6. The summed E-state index contributed by atoms with van der Waals surface area (Å²) in [6.07, 6.45) is -4.37. The van der Waals surface area contributed by atoms with Crippen molar-refractivity contribution in [3.05, 3.63) is 65.0 Å². The van der Waals surface area contributed by atoms with Crippen LogP contribution >= 0.6 is 0 Å².